The van der Waals surface area contributed by atoms with Gasteiger partial charge in [-0.15, -0.1) is 0 Å². The Morgan fingerprint density at radius 1 is 1.21 bits per heavy atom. The number of hydrogen-bond acceptors (Lipinski definition) is 7. The van der Waals surface area contributed by atoms with Crippen molar-refractivity contribution < 1.29 is 18.0 Å². The predicted molar refractivity (Wildman–Crippen MR) is 103 cm³/mol. The van der Waals surface area contributed by atoms with Crippen LogP contribution in [0.2, 0.25) is 0 Å². The van der Waals surface area contributed by atoms with E-state index in [9.17, 15) is 8.78 Å². The van der Waals surface area contributed by atoms with Crippen molar-refractivity contribution in [2.45, 2.75) is 26.5 Å². The quantitative estimate of drug-likeness (QED) is 0.625. The van der Waals surface area contributed by atoms with Crippen molar-refractivity contribution in [3.8, 4) is 0 Å². The minimum atomic E-state index is -0.644. The third kappa shape index (κ3) is 4.20. The summed E-state index contributed by atoms with van der Waals surface area (Å²) < 4.78 is 38.6. The van der Waals surface area contributed by atoms with Crippen LogP contribution in [-0.4, -0.2) is 52.8 Å². The zero-order valence-electron chi connectivity index (χ0n) is 16.4. The molecule has 7 nitrogen and oxygen atoms in total. The minimum Gasteiger partial charge on any atom is -0.371 e. The van der Waals surface area contributed by atoms with Crippen LogP contribution in [0.15, 0.2) is 28.9 Å². The van der Waals surface area contributed by atoms with Gasteiger partial charge in [-0.2, -0.15) is 4.98 Å². The highest BCUT2D eigenvalue weighted by Crippen LogP contribution is 2.29. The van der Waals surface area contributed by atoms with E-state index in [0.29, 0.717) is 43.3 Å². The lowest BCUT2D eigenvalue weighted by molar-refractivity contribution is 0.0683. The van der Waals surface area contributed by atoms with Crippen LogP contribution in [0.25, 0.3) is 10.9 Å². The monoisotopic (exact) mass is 403 g/mol. The fraction of sp³-hybridized carbons (Fsp3) is 0.450. The molecular formula is C20H23F2N5O2. The molecule has 0 N–H and O–H groups in total. The Morgan fingerprint density at radius 2 is 2.00 bits per heavy atom. The van der Waals surface area contributed by atoms with Crippen molar-refractivity contribution >= 4 is 16.6 Å². The first-order chi connectivity index (χ1) is 14.0. The summed E-state index contributed by atoms with van der Waals surface area (Å²) in [4.78, 5) is 12.8. The maximum atomic E-state index is 14.0. The molecule has 1 aliphatic heterocycles. The molecule has 0 aliphatic carbocycles. The van der Waals surface area contributed by atoms with Gasteiger partial charge in [-0.25, -0.2) is 8.78 Å². The summed E-state index contributed by atoms with van der Waals surface area (Å²) in [5, 5.41) is 4.48. The number of hydrogen-bond donors (Lipinski definition) is 0. The molecule has 1 fully saturated rings. The lowest BCUT2D eigenvalue weighted by atomic mass is 10.1. The number of pyridine rings is 1. The highest BCUT2D eigenvalue weighted by atomic mass is 19.1. The van der Waals surface area contributed by atoms with Gasteiger partial charge in [-0.05, 0) is 26.0 Å². The lowest BCUT2D eigenvalue weighted by Gasteiger charge is -2.35. The van der Waals surface area contributed by atoms with E-state index < -0.39 is 11.6 Å². The van der Waals surface area contributed by atoms with Gasteiger partial charge in [0.15, 0.2) is 11.6 Å². The van der Waals surface area contributed by atoms with Gasteiger partial charge in [-0.3, -0.25) is 9.88 Å². The zero-order valence-corrected chi connectivity index (χ0v) is 16.4. The van der Waals surface area contributed by atoms with Crippen molar-refractivity contribution in [2.24, 2.45) is 0 Å². The predicted octanol–water partition coefficient (Wildman–Crippen LogP) is 3.32. The van der Waals surface area contributed by atoms with E-state index in [0.717, 1.165) is 24.8 Å². The van der Waals surface area contributed by atoms with Crippen molar-refractivity contribution in [2.75, 3.05) is 37.7 Å². The van der Waals surface area contributed by atoms with Gasteiger partial charge in [0.25, 0.3) is 0 Å². The summed E-state index contributed by atoms with van der Waals surface area (Å²) in [7, 11) is 0. The number of piperazine rings is 1. The number of aromatic nitrogens is 3. The van der Waals surface area contributed by atoms with E-state index in [2.05, 4.69) is 24.9 Å². The van der Waals surface area contributed by atoms with E-state index in [1.165, 1.54) is 6.07 Å². The maximum Gasteiger partial charge on any atom is 0.240 e. The smallest absolute Gasteiger partial charge is 0.240 e. The van der Waals surface area contributed by atoms with Crippen molar-refractivity contribution in [1.82, 2.24) is 20.0 Å². The SMILES string of the molecule is CCOC(C)c1noc(CN2CCN(c3ccnc4c(F)cc(F)cc34)CC2)n1. The fourth-order valence-electron chi connectivity index (χ4n) is 3.60. The zero-order chi connectivity index (χ0) is 20.4. The van der Waals surface area contributed by atoms with E-state index in [4.69, 9.17) is 9.26 Å². The molecule has 0 saturated carbocycles. The lowest BCUT2D eigenvalue weighted by Crippen LogP contribution is -2.46. The molecule has 1 aliphatic rings. The Hall–Kier alpha value is -2.65. The van der Waals surface area contributed by atoms with E-state index in [1.807, 2.05) is 13.8 Å². The summed E-state index contributed by atoms with van der Waals surface area (Å²) in [6, 6.07) is 4.00. The number of nitrogens with zero attached hydrogens (tertiary/aromatic N) is 5. The van der Waals surface area contributed by atoms with Crippen molar-refractivity contribution in [3.63, 3.8) is 0 Å². The molecule has 1 saturated heterocycles. The van der Waals surface area contributed by atoms with Crippen LogP contribution in [-0.2, 0) is 11.3 Å². The summed E-state index contributed by atoms with van der Waals surface area (Å²) in [6.45, 7) is 7.92. The average molecular weight is 403 g/mol. The average Bonchev–Trinajstić information content (AvgIpc) is 3.17. The number of ether oxygens (including phenoxy) is 1. The first kappa shape index (κ1) is 19.7. The molecule has 154 valence electrons. The highest BCUT2D eigenvalue weighted by molar-refractivity contribution is 5.92. The normalized spacial score (nSPS) is 16.5. The summed E-state index contributed by atoms with van der Waals surface area (Å²) in [6.07, 6.45) is 1.36. The van der Waals surface area contributed by atoms with Gasteiger partial charge in [0, 0.05) is 56.1 Å². The first-order valence-electron chi connectivity index (χ1n) is 9.70. The van der Waals surface area contributed by atoms with Crippen LogP contribution >= 0.6 is 0 Å². The van der Waals surface area contributed by atoms with Crippen LogP contribution in [0.5, 0.6) is 0 Å². The third-order valence-electron chi connectivity index (χ3n) is 5.08. The Balaban J connectivity index is 1.42. The standard InChI is InChI=1S/C20H23F2N5O2/c1-3-28-13(2)20-24-18(29-25-20)12-26-6-8-27(9-7-26)17-4-5-23-19-15(17)10-14(21)11-16(19)22/h4-5,10-11,13H,3,6-9,12H2,1-2H3. The molecule has 3 heterocycles. The molecule has 0 radical (unpaired) electrons. The van der Waals surface area contributed by atoms with Gasteiger partial charge in [0.2, 0.25) is 5.89 Å². The Bertz CT molecular complexity index is 988. The first-order valence-corrected chi connectivity index (χ1v) is 9.70. The van der Waals surface area contributed by atoms with Gasteiger partial charge >= 0.3 is 0 Å². The van der Waals surface area contributed by atoms with Crippen molar-refractivity contribution in [1.29, 1.82) is 0 Å². The third-order valence-corrected chi connectivity index (χ3v) is 5.08. The number of fused-ring (bicyclic) bond motifs is 1. The minimum absolute atomic E-state index is 0.188. The van der Waals surface area contributed by atoms with Crippen LogP contribution in [0.1, 0.15) is 31.7 Å². The number of rotatable bonds is 6. The Kier molecular flexibility index (Phi) is 5.68. The van der Waals surface area contributed by atoms with E-state index >= 15 is 0 Å². The second-order valence-electron chi connectivity index (χ2n) is 7.02. The molecular weight excluding hydrogens is 380 g/mol. The van der Waals surface area contributed by atoms with Crippen LogP contribution < -0.4 is 4.90 Å². The van der Waals surface area contributed by atoms with Crippen molar-refractivity contribution in [3.05, 3.63) is 47.7 Å². The van der Waals surface area contributed by atoms with E-state index in [1.54, 1.807) is 12.3 Å². The Labute approximate surface area is 167 Å². The molecule has 9 heteroatoms. The number of halogens is 2. The van der Waals surface area contributed by atoms with Gasteiger partial charge in [0.05, 0.1) is 6.54 Å². The molecule has 2 aromatic heterocycles. The van der Waals surface area contributed by atoms with Crippen LogP contribution in [0, 0.1) is 11.6 Å². The second kappa shape index (κ2) is 8.38. The molecule has 1 unspecified atom stereocenters. The topological polar surface area (TPSA) is 67.5 Å². The molecule has 1 aromatic carbocycles. The second-order valence-corrected chi connectivity index (χ2v) is 7.02. The van der Waals surface area contributed by atoms with Gasteiger partial charge < -0.3 is 14.2 Å². The number of anilines is 1. The molecule has 1 atom stereocenters. The molecule has 4 rings (SSSR count). The summed E-state index contributed by atoms with van der Waals surface area (Å²) >= 11 is 0. The Morgan fingerprint density at radius 3 is 2.76 bits per heavy atom. The van der Waals surface area contributed by atoms with E-state index in [-0.39, 0.29) is 11.6 Å². The molecule has 0 bridgehead atoms. The molecule has 3 aromatic rings. The van der Waals surface area contributed by atoms with Crippen LogP contribution in [0.4, 0.5) is 14.5 Å². The maximum absolute atomic E-state index is 14.0. The number of benzene rings is 1. The molecule has 0 amide bonds. The fourth-order valence-corrected chi connectivity index (χ4v) is 3.60. The van der Waals surface area contributed by atoms with Gasteiger partial charge in [0.1, 0.15) is 17.4 Å². The van der Waals surface area contributed by atoms with Gasteiger partial charge in [-0.1, -0.05) is 5.16 Å². The molecule has 0 spiro atoms. The summed E-state index contributed by atoms with van der Waals surface area (Å²) in [5.74, 6) is -0.142. The van der Waals surface area contributed by atoms with Crippen LogP contribution in [0.3, 0.4) is 0 Å². The largest absolute Gasteiger partial charge is 0.371 e. The highest BCUT2D eigenvalue weighted by Gasteiger charge is 2.22. The summed E-state index contributed by atoms with van der Waals surface area (Å²) in [5.41, 5.74) is 0.979. The molecule has 29 heavy (non-hydrogen) atoms.